The molecular weight excluding hydrogens is 344 g/mol. The number of nitrogens with one attached hydrogen (secondary N) is 1. The summed E-state index contributed by atoms with van der Waals surface area (Å²) in [6.07, 6.45) is 0. The Balaban J connectivity index is 1.98. The summed E-state index contributed by atoms with van der Waals surface area (Å²) in [5.74, 6) is 0. The molecule has 0 aliphatic heterocycles. The van der Waals surface area contributed by atoms with E-state index in [0.717, 1.165) is 21.4 Å². The summed E-state index contributed by atoms with van der Waals surface area (Å²) < 4.78 is 1.09. The van der Waals surface area contributed by atoms with Crippen molar-refractivity contribution in [1.82, 2.24) is 0 Å². The molecule has 0 amide bonds. The van der Waals surface area contributed by atoms with Gasteiger partial charge in [0.1, 0.15) is 4.99 Å². The number of benzene rings is 3. The highest BCUT2D eigenvalue weighted by Gasteiger charge is 2.04. The zero-order chi connectivity index (χ0) is 14.8. The van der Waals surface area contributed by atoms with E-state index < -0.39 is 0 Å². The highest BCUT2D eigenvalue weighted by molar-refractivity contribution is 9.10. The first-order valence-corrected chi connectivity index (χ1v) is 7.69. The standard InChI is InChI=1S/C17H13BrN2S/c18-15-9-10-16(14-4-2-1-3-13(14)15)20-12-7-5-11(6-8-12)17(19)21/h1-10,20H,(H2,19,21). The van der Waals surface area contributed by atoms with Gasteiger partial charge in [-0.3, -0.25) is 0 Å². The van der Waals surface area contributed by atoms with Crippen molar-refractivity contribution in [3.05, 3.63) is 70.7 Å². The van der Waals surface area contributed by atoms with Crippen molar-refractivity contribution < 1.29 is 0 Å². The predicted octanol–water partition coefficient (Wildman–Crippen LogP) is 4.98. The van der Waals surface area contributed by atoms with Crippen LogP contribution in [-0.2, 0) is 0 Å². The van der Waals surface area contributed by atoms with Gasteiger partial charge in [0.05, 0.1) is 0 Å². The van der Waals surface area contributed by atoms with Crippen LogP contribution in [0.4, 0.5) is 11.4 Å². The van der Waals surface area contributed by atoms with Crippen LogP contribution >= 0.6 is 28.1 Å². The number of hydrogen-bond acceptors (Lipinski definition) is 2. The Hall–Kier alpha value is -1.91. The summed E-state index contributed by atoms with van der Waals surface area (Å²) in [5.41, 5.74) is 8.55. The van der Waals surface area contributed by atoms with Crippen LogP contribution in [-0.4, -0.2) is 4.99 Å². The van der Waals surface area contributed by atoms with Gasteiger partial charge in [0.15, 0.2) is 0 Å². The zero-order valence-electron chi connectivity index (χ0n) is 11.1. The molecule has 0 aromatic heterocycles. The molecule has 0 bridgehead atoms. The largest absolute Gasteiger partial charge is 0.389 e. The third-order valence-corrected chi connectivity index (χ3v) is 4.25. The van der Waals surface area contributed by atoms with Crippen LogP contribution < -0.4 is 11.1 Å². The van der Waals surface area contributed by atoms with Gasteiger partial charge in [0.2, 0.25) is 0 Å². The maximum atomic E-state index is 5.61. The fourth-order valence-electron chi connectivity index (χ4n) is 2.24. The minimum Gasteiger partial charge on any atom is -0.389 e. The van der Waals surface area contributed by atoms with Gasteiger partial charge in [-0.1, -0.05) is 52.4 Å². The highest BCUT2D eigenvalue weighted by atomic mass is 79.9. The first kappa shape index (κ1) is 14.0. The number of hydrogen-bond donors (Lipinski definition) is 2. The fourth-order valence-corrected chi connectivity index (χ4v) is 2.86. The molecule has 21 heavy (non-hydrogen) atoms. The Morgan fingerprint density at radius 3 is 2.24 bits per heavy atom. The molecule has 0 unspecified atom stereocenters. The molecule has 0 aliphatic rings. The van der Waals surface area contributed by atoms with E-state index >= 15 is 0 Å². The van der Waals surface area contributed by atoms with Crippen LogP contribution in [0.5, 0.6) is 0 Å². The Kier molecular flexibility index (Phi) is 3.90. The first-order chi connectivity index (χ1) is 10.1. The number of rotatable bonds is 3. The molecule has 4 heteroatoms. The SMILES string of the molecule is NC(=S)c1ccc(Nc2ccc(Br)c3ccccc23)cc1. The summed E-state index contributed by atoms with van der Waals surface area (Å²) in [4.78, 5) is 0.413. The number of nitrogens with two attached hydrogens (primary N) is 1. The fraction of sp³-hybridized carbons (Fsp3) is 0. The molecule has 3 N–H and O–H groups in total. The molecule has 0 saturated heterocycles. The Morgan fingerprint density at radius 2 is 1.57 bits per heavy atom. The first-order valence-electron chi connectivity index (χ1n) is 6.49. The molecule has 0 heterocycles. The van der Waals surface area contributed by atoms with E-state index in [1.807, 2.05) is 42.5 Å². The van der Waals surface area contributed by atoms with Crippen molar-refractivity contribution in [2.45, 2.75) is 0 Å². The number of halogens is 1. The Bertz CT molecular complexity index is 813. The van der Waals surface area contributed by atoms with Gasteiger partial charge in [-0.2, -0.15) is 0 Å². The van der Waals surface area contributed by atoms with Gasteiger partial charge in [0, 0.05) is 26.8 Å². The lowest BCUT2D eigenvalue weighted by molar-refractivity contribution is 1.55. The quantitative estimate of drug-likeness (QED) is 0.650. The lowest BCUT2D eigenvalue weighted by Crippen LogP contribution is -2.08. The third kappa shape index (κ3) is 2.91. The Morgan fingerprint density at radius 1 is 0.905 bits per heavy atom. The van der Waals surface area contributed by atoms with Crippen LogP contribution in [0.3, 0.4) is 0 Å². The van der Waals surface area contributed by atoms with Crippen LogP contribution in [0, 0.1) is 0 Å². The van der Waals surface area contributed by atoms with Gasteiger partial charge in [-0.15, -0.1) is 0 Å². The molecule has 0 saturated carbocycles. The second kappa shape index (κ2) is 5.84. The third-order valence-electron chi connectivity index (χ3n) is 3.32. The van der Waals surface area contributed by atoms with Crippen molar-refractivity contribution in [3.63, 3.8) is 0 Å². The summed E-state index contributed by atoms with van der Waals surface area (Å²) in [6, 6.07) is 20.2. The van der Waals surface area contributed by atoms with Crippen molar-refractivity contribution in [1.29, 1.82) is 0 Å². The van der Waals surface area contributed by atoms with Crippen molar-refractivity contribution >= 4 is 55.3 Å². The van der Waals surface area contributed by atoms with Gasteiger partial charge >= 0.3 is 0 Å². The summed E-state index contributed by atoms with van der Waals surface area (Å²) in [6.45, 7) is 0. The normalized spacial score (nSPS) is 10.5. The second-order valence-electron chi connectivity index (χ2n) is 4.71. The van der Waals surface area contributed by atoms with Gasteiger partial charge in [-0.25, -0.2) is 0 Å². The van der Waals surface area contributed by atoms with Gasteiger partial charge in [0.25, 0.3) is 0 Å². The maximum Gasteiger partial charge on any atom is 0.103 e. The molecule has 104 valence electrons. The minimum atomic E-state index is 0.413. The molecule has 0 atom stereocenters. The summed E-state index contributed by atoms with van der Waals surface area (Å²) in [5, 5.41) is 5.79. The van der Waals surface area contributed by atoms with Crippen LogP contribution in [0.25, 0.3) is 10.8 Å². The second-order valence-corrected chi connectivity index (χ2v) is 6.00. The van der Waals surface area contributed by atoms with Crippen molar-refractivity contribution in [2.75, 3.05) is 5.32 Å². The molecule has 3 rings (SSSR count). The number of fused-ring (bicyclic) bond motifs is 1. The van der Waals surface area contributed by atoms with E-state index in [0.29, 0.717) is 4.99 Å². The molecule has 0 spiro atoms. The highest BCUT2D eigenvalue weighted by Crippen LogP contribution is 2.31. The molecule has 3 aromatic rings. The van der Waals surface area contributed by atoms with Gasteiger partial charge in [-0.05, 0) is 41.8 Å². The van der Waals surface area contributed by atoms with Crippen LogP contribution in [0.15, 0.2) is 65.1 Å². The molecular formula is C17H13BrN2S. The van der Waals surface area contributed by atoms with Crippen molar-refractivity contribution in [2.24, 2.45) is 5.73 Å². The smallest absolute Gasteiger partial charge is 0.103 e. The zero-order valence-corrected chi connectivity index (χ0v) is 13.5. The van der Waals surface area contributed by atoms with Crippen molar-refractivity contribution in [3.8, 4) is 0 Å². The van der Waals surface area contributed by atoms with E-state index in [1.54, 1.807) is 0 Å². The van der Waals surface area contributed by atoms with E-state index in [9.17, 15) is 0 Å². The summed E-state index contributed by atoms with van der Waals surface area (Å²) >= 11 is 8.55. The van der Waals surface area contributed by atoms with Crippen LogP contribution in [0.2, 0.25) is 0 Å². The average molecular weight is 357 g/mol. The van der Waals surface area contributed by atoms with Gasteiger partial charge < -0.3 is 11.1 Å². The molecule has 0 aliphatic carbocycles. The number of thiocarbonyl (C=S) groups is 1. The van der Waals surface area contributed by atoms with Crippen LogP contribution in [0.1, 0.15) is 5.56 Å². The van der Waals surface area contributed by atoms with E-state index in [4.69, 9.17) is 18.0 Å². The Labute approximate surface area is 137 Å². The van der Waals surface area contributed by atoms with E-state index in [-0.39, 0.29) is 0 Å². The lowest BCUT2D eigenvalue weighted by atomic mass is 10.1. The molecule has 0 radical (unpaired) electrons. The minimum absolute atomic E-state index is 0.413. The summed E-state index contributed by atoms with van der Waals surface area (Å²) in [7, 11) is 0. The topological polar surface area (TPSA) is 38.0 Å². The molecule has 0 fully saturated rings. The molecule has 3 aromatic carbocycles. The lowest BCUT2D eigenvalue weighted by Gasteiger charge is -2.11. The average Bonchev–Trinajstić information content (AvgIpc) is 2.51. The molecule has 2 nitrogen and oxygen atoms in total. The monoisotopic (exact) mass is 356 g/mol. The predicted molar refractivity (Wildman–Crippen MR) is 97.3 cm³/mol. The van der Waals surface area contributed by atoms with E-state index in [2.05, 4.69) is 39.4 Å². The number of anilines is 2. The van der Waals surface area contributed by atoms with E-state index in [1.165, 1.54) is 10.8 Å². The maximum absolute atomic E-state index is 5.61.